The maximum absolute atomic E-state index is 12.9. The average molecular weight is 460 g/mol. The van der Waals surface area contributed by atoms with E-state index in [-0.39, 0.29) is 11.7 Å². The minimum Gasteiger partial charge on any atom is -0.361 e. The third-order valence-electron chi connectivity index (χ3n) is 4.81. The number of benzene rings is 2. The zero-order valence-corrected chi connectivity index (χ0v) is 19.5. The molecule has 164 valence electrons. The molecule has 3 rings (SSSR count). The lowest BCUT2D eigenvalue weighted by Crippen LogP contribution is -2.16. The number of thioether (sulfide) groups is 1. The van der Waals surface area contributed by atoms with Gasteiger partial charge in [-0.3, -0.25) is 9.52 Å². The van der Waals surface area contributed by atoms with Crippen molar-refractivity contribution in [2.75, 3.05) is 15.8 Å². The predicted molar refractivity (Wildman–Crippen MR) is 124 cm³/mol. The molecule has 0 aliphatic heterocycles. The molecule has 0 aliphatic carbocycles. The largest absolute Gasteiger partial charge is 0.361 e. The van der Waals surface area contributed by atoms with Gasteiger partial charge in [0, 0.05) is 21.9 Å². The van der Waals surface area contributed by atoms with Gasteiger partial charge in [-0.1, -0.05) is 17.3 Å². The molecule has 0 aliphatic rings. The van der Waals surface area contributed by atoms with Crippen LogP contribution in [0.25, 0.3) is 0 Å². The Kier molecular flexibility index (Phi) is 7.07. The molecule has 1 heterocycles. The van der Waals surface area contributed by atoms with Crippen LogP contribution in [0.15, 0.2) is 51.9 Å². The third kappa shape index (κ3) is 5.68. The van der Waals surface area contributed by atoms with Gasteiger partial charge in [-0.05, 0) is 63.6 Å². The molecular formula is C22H25N3O4S2. The second-order valence-electron chi connectivity index (χ2n) is 7.08. The summed E-state index contributed by atoms with van der Waals surface area (Å²) in [5.41, 5.74) is 4.24. The monoisotopic (exact) mass is 459 g/mol. The number of aromatic nitrogens is 1. The SMILES string of the molecule is CCS(=O)(=O)Nc1ccc(NC(=O)c2ccccc2SCc2c(C)noc2C)cc1C. The van der Waals surface area contributed by atoms with Crippen molar-refractivity contribution in [1.29, 1.82) is 0 Å². The fourth-order valence-electron chi connectivity index (χ4n) is 2.93. The molecule has 2 N–H and O–H groups in total. The van der Waals surface area contributed by atoms with Crippen molar-refractivity contribution in [3.63, 3.8) is 0 Å². The number of anilines is 2. The lowest BCUT2D eigenvalue weighted by molar-refractivity contribution is 0.102. The first-order valence-electron chi connectivity index (χ1n) is 9.76. The van der Waals surface area contributed by atoms with Gasteiger partial charge in [0.25, 0.3) is 5.91 Å². The van der Waals surface area contributed by atoms with Gasteiger partial charge in [0.2, 0.25) is 10.0 Å². The van der Waals surface area contributed by atoms with Crippen LogP contribution in [0.2, 0.25) is 0 Å². The molecule has 0 unspecified atom stereocenters. The van der Waals surface area contributed by atoms with E-state index in [1.54, 1.807) is 49.9 Å². The van der Waals surface area contributed by atoms with Gasteiger partial charge >= 0.3 is 0 Å². The normalized spacial score (nSPS) is 11.4. The fraction of sp³-hybridized carbons (Fsp3) is 0.273. The van der Waals surface area contributed by atoms with Crippen LogP contribution in [0.4, 0.5) is 11.4 Å². The van der Waals surface area contributed by atoms with Gasteiger partial charge < -0.3 is 9.84 Å². The van der Waals surface area contributed by atoms with Crippen LogP contribution in [0.3, 0.4) is 0 Å². The molecule has 0 radical (unpaired) electrons. The molecule has 3 aromatic rings. The van der Waals surface area contributed by atoms with E-state index >= 15 is 0 Å². The minimum atomic E-state index is -3.36. The van der Waals surface area contributed by atoms with Gasteiger partial charge in [0.05, 0.1) is 22.7 Å². The Labute approximate surface area is 186 Å². The van der Waals surface area contributed by atoms with Crippen molar-refractivity contribution in [3.8, 4) is 0 Å². The first-order valence-corrected chi connectivity index (χ1v) is 12.4. The lowest BCUT2D eigenvalue weighted by Gasteiger charge is -2.13. The summed E-state index contributed by atoms with van der Waals surface area (Å²) in [6, 6.07) is 12.5. The zero-order chi connectivity index (χ0) is 22.6. The van der Waals surface area contributed by atoms with Gasteiger partial charge in [0.15, 0.2) is 0 Å². The van der Waals surface area contributed by atoms with E-state index in [2.05, 4.69) is 15.2 Å². The summed E-state index contributed by atoms with van der Waals surface area (Å²) >= 11 is 1.55. The van der Waals surface area contributed by atoms with Crippen LogP contribution in [-0.2, 0) is 15.8 Å². The third-order valence-corrected chi connectivity index (χ3v) is 7.21. The molecule has 1 aromatic heterocycles. The Balaban J connectivity index is 1.74. The van der Waals surface area contributed by atoms with E-state index in [0.29, 0.717) is 22.7 Å². The summed E-state index contributed by atoms with van der Waals surface area (Å²) in [7, 11) is -3.36. The maximum Gasteiger partial charge on any atom is 0.256 e. The van der Waals surface area contributed by atoms with Gasteiger partial charge in [-0.15, -0.1) is 11.8 Å². The first-order chi connectivity index (χ1) is 14.7. The molecule has 7 nitrogen and oxygen atoms in total. The topological polar surface area (TPSA) is 101 Å². The lowest BCUT2D eigenvalue weighted by atomic mass is 10.1. The Morgan fingerprint density at radius 3 is 2.52 bits per heavy atom. The van der Waals surface area contributed by atoms with Crippen LogP contribution in [0, 0.1) is 20.8 Å². The second kappa shape index (κ2) is 9.57. The van der Waals surface area contributed by atoms with E-state index in [1.165, 1.54) is 0 Å². The van der Waals surface area contributed by atoms with E-state index in [9.17, 15) is 13.2 Å². The number of sulfonamides is 1. The molecule has 0 spiro atoms. The number of carbonyl (C=O) groups is 1. The van der Waals surface area contributed by atoms with Crippen LogP contribution >= 0.6 is 11.8 Å². The summed E-state index contributed by atoms with van der Waals surface area (Å²) in [6.45, 7) is 7.14. The number of hydrogen-bond acceptors (Lipinski definition) is 6. The highest BCUT2D eigenvalue weighted by Gasteiger charge is 2.15. The molecule has 0 fully saturated rings. The highest BCUT2D eigenvalue weighted by molar-refractivity contribution is 7.98. The van der Waals surface area contributed by atoms with Crippen molar-refractivity contribution in [2.45, 2.75) is 38.3 Å². The number of aryl methyl sites for hydroxylation is 3. The molecular weight excluding hydrogens is 434 g/mol. The van der Waals surface area contributed by atoms with Crippen molar-refractivity contribution in [2.24, 2.45) is 0 Å². The van der Waals surface area contributed by atoms with E-state index in [1.807, 2.05) is 32.0 Å². The van der Waals surface area contributed by atoms with E-state index in [4.69, 9.17) is 4.52 Å². The van der Waals surface area contributed by atoms with Crippen molar-refractivity contribution in [1.82, 2.24) is 5.16 Å². The van der Waals surface area contributed by atoms with Crippen molar-refractivity contribution >= 4 is 39.1 Å². The van der Waals surface area contributed by atoms with Gasteiger partial charge in [-0.25, -0.2) is 8.42 Å². The number of rotatable bonds is 8. The van der Waals surface area contributed by atoms with Crippen molar-refractivity contribution in [3.05, 3.63) is 70.6 Å². The smallest absolute Gasteiger partial charge is 0.256 e. The van der Waals surface area contributed by atoms with Crippen molar-refractivity contribution < 1.29 is 17.7 Å². The molecule has 0 bridgehead atoms. The summed E-state index contributed by atoms with van der Waals surface area (Å²) in [5, 5.41) is 6.87. The highest BCUT2D eigenvalue weighted by atomic mass is 32.2. The molecule has 0 saturated carbocycles. The number of carbonyl (C=O) groups excluding carboxylic acids is 1. The Bertz CT molecular complexity index is 1180. The second-order valence-corrected chi connectivity index (χ2v) is 10.1. The summed E-state index contributed by atoms with van der Waals surface area (Å²) in [6.07, 6.45) is 0. The number of hydrogen-bond donors (Lipinski definition) is 2. The molecule has 31 heavy (non-hydrogen) atoms. The Morgan fingerprint density at radius 1 is 1.13 bits per heavy atom. The fourth-order valence-corrected chi connectivity index (χ4v) is 4.84. The van der Waals surface area contributed by atoms with Crippen LogP contribution in [-0.4, -0.2) is 25.2 Å². The minimum absolute atomic E-state index is 0.00664. The first kappa shape index (κ1) is 22.9. The van der Waals surface area contributed by atoms with Crippen LogP contribution in [0.5, 0.6) is 0 Å². The van der Waals surface area contributed by atoms with Gasteiger partial charge in [0.1, 0.15) is 5.76 Å². The number of amides is 1. The summed E-state index contributed by atoms with van der Waals surface area (Å²) in [4.78, 5) is 13.8. The molecule has 0 saturated heterocycles. The molecule has 1 amide bonds. The molecule has 0 atom stereocenters. The quantitative estimate of drug-likeness (QED) is 0.464. The van der Waals surface area contributed by atoms with Crippen LogP contribution < -0.4 is 10.0 Å². The van der Waals surface area contributed by atoms with Gasteiger partial charge in [-0.2, -0.15) is 0 Å². The van der Waals surface area contributed by atoms with Crippen LogP contribution in [0.1, 0.15) is 39.9 Å². The summed E-state index contributed by atoms with van der Waals surface area (Å²) in [5.74, 6) is 1.19. The number of nitrogens with zero attached hydrogens (tertiary/aromatic N) is 1. The predicted octanol–water partition coefficient (Wildman–Crippen LogP) is 4.91. The van der Waals surface area contributed by atoms with E-state index < -0.39 is 10.0 Å². The van der Waals surface area contributed by atoms with E-state index in [0.717, 1.165) is 27.5 Å². The standard InChI is InChI=1S/C22H25N3O4S2/c1-5-31(27,28)25-20-11-10-17(12-14(20)2)23-22(26)18-8-6-7-9-21(18)30-13-19-15(3)24-29-16(19)4/h6-12,25H,5,13H2,1-4H3,(H,23,26). The molecule has 2 aromatic carbocycles. The number of nitrogens with one attached hydrogen (secondary N) is 2. The molecule has 9 heteroatoms. The Morgan fingerprint density at radius 2 is 1.87 bits per heavy atom. The highest BCUT2D eigenvalue weighted by Crippen LogP contribution is 2.29. The average Bonchev–Trinajstić information content (AvgIpc) is 3.06. The summed E-state index contributed by atoms with van der Waals surface area (Å²) < 4.78 is 31.4. The maximum atomic E-state index is 12.9. The Hall–Kier alpha value is -2.78. The zero-order valence-electron chi connectivity index (χ0n) is 17.9.